The van der Waals surface area contributed by atoms with Crippen molar-refractivity contribution in [1.82, 2.24) is 0 Å². The summed E-state index contributed by atoms with van der Waals surface area (Å²) in [5, 5.41) is 2.44. The van der Waals surface area contributed by atoms with Crippen molar-refractivity contribution >= 4 is 23.5 Å². The number of primary amides is 1. The molecule has 3 N–H and O–H groups in total. The number of alkyl halides is 3. The predicted octanol–water partition coefficient (Wildman–Crippen LogP) is 1.86. The van der Waals surface area contributed by atoms with Gasteiger partial charge in [-0.05, 0) is 18.2 Å². The van der Waals surface area contributed by atoms with Gasteiger partial charge < -0.3 is 25.3 Å². The molecule has 0 spiro atoms. The predicted molar refractivity (Wildman–Crippen MR) is 84.5 cm³/mol. The molecule has 1 aliphatic heterocycles. The molecule has 1 aromatic rings. The standard InChI is InChI=1S/C16H15F3N2O6/c1-15(2)26-13(23)9(14(24)27-15)6-21-10-5-8(12(20)22)3-4-11(10)25-7-16(17,18)19/h3-6,21H,7H2,1-2H3,(H2,20,22). The molecule has 1 amide bonds. The first-order chi connectivity index (χ1) is 12.4. The number of halogens is 3. The molecule has 11 heteroatoms. The number of amides is 1. The van der Waals surface area contributed by atoms with Gasteiger partial charge in [0.15, 0.2) is 12.2 Å². The number of nitrogens with two attached hydrogens (primary N) is 1. The number of anilines is 1. The Balaban J connectivity index is 2.30. The van der Waals surface area contributed by atoms with Gasteiger partial charge in [0.25, 0.3) is 5.79 Å². The molecule has 0 atom stereocenters. The molecule has 0 unspecified atom stereocenters. The van der Waals surface area contributed by atoms with Crippen molar-refractivity contribution in [2.24, 2.45) is 5.73 Å². The topological polar surface area (TPSA) is 117 Å². The Morgan fingerprint density at radius 3 is 2.37 bits per heavy atom. The summed E-state index contributed by atoms with van der Waals surface area (Å²) in [6, 6.07) is 3.36. The Morgan fingerprint density at radius 2 is 1.85 bits per heavy atom. The van der Waals surface area contributed by atoms with E-state index in [1.54, 1.807) is 0 Å². The maximum atomic E-state index is 12.4. The maximum Gasteiger partial charge on any atom is 0.422 e. The molecule has 2 rings (SSSR count). The number of carbonyl (C=O) groups is 3. The van der Waals surface area contributed by atoms with Gasteiger partial charge in [0.1, 0.15) is 5.75 Å². The van der Waals surface area contributed by atoms with E-state index in [4.69, 9.17) is 15.2 Å². The molecule has 146 valence electrons. The maximum absolute atomic E-state index is 12.4. The highest BCUT2D eigenvalue weighted by Gasteiger charge is 2.39. The second-order valence-electron chi connectivity index (χ2n) is 5.86. The summed E-state index contributed by atoms with van der Waals surface area (Å²) in [5.41, 5.74) is 4.44. The summed E-state index contributed by atoms with van der Waals surface area (Å²) in [7, 11) is 0. The van der Waals surface area contributed by atoms with Crippen LogP contribution in [0.5, 0.6) is 5.75 Å². The number of hydrogen-bond acceptors (Lipinski definition) is 7. The minimum Gasteiger partial charge on any atom is -0.482 e. The lowest BCUT2D eigenvalue weighted by atomic mass is 10.1. The molecule has 0 aromatic heterocycles. The van der Waals surface area contributed by atoms with Crippen LogP contribution in [0.1, 0.15) is 24.2 Å². The van der Waals surface area contributed by atoms with E-state index in [-0.39, 0.29) is 17.0 Å². The Kier molecular flexibility index (Phi) is 5.33. The van der Waals surface area contributed by atoms with Crippen molar-refractivity contribution in [2.45, 2.75) is 25.8 Å². The molecular weight excluding hydrogens is 373 g/mol. The number of cyclic esters (lactones) is 2. The number of esters is 2. The van der Waals surface area contributed by atoms with E-state index in [0.717, 1.165) is 24.4 Å². The lowest BCUT2D eigenvalue weighted by Crippen LogP contribution is -2.42. The molecule has 0 radical (unpaired) electrons. The lowest BCUT2D eigenvalue weighted by molar-refractivity contribution is -0.222. The van der Waals surface area contributed by atoms with E-state index in [0.29, 0.717) is 0 Å². The first-order valence-electron chi connectivity index (χ1n) is 7.45. The summed E-state index contributed by atoms with van der Waals surface area (Å²) in [5.74, 6) is -4.56. The molecule has 0 bridgehead atoms. The van der Waals surface area contributed by atoms with Crippen molar-refractivity contribution in [3.63, 3.8) is 0 Å². The molecule has 27 heavy (non-hydrogen) atoms. The summed E-state index contributed by atoms with van der Waals surface area (Å²) in [4.78, 5) is 35.0. The molecule has 0 saturated carbocycles. The SMILES string of the molecule is CC1(C)OC(=O)C(=CNc2cc(C(N)=O)ccc2OCC(F)(F)F)C(=O)O1. The van der Waals surface area contributed by atoms with E-state index < -0.39 is 42.0 Å². The molecule has 0 aliphatic carbocycles. The van der Waals surface area contributed by atoms with Crippen LogP contribution in [0.25, 0.3) is 0 Å². The first kappa shape index (κ1) is 20.1. The van der Waals surface area contributed by atoms with E-state index in [1.165, 1.54) is 13.8 Å². The molecule has 8 nitrogen and oxygen atoms in total. The highest BCUT2D eigenvalue weighted by Crippen LogP contribution is 2.29. The number of rotatable bonds is 5. The normalized spacial score (nSPS) is 16.3. The third-order valence-electron chi connectivity index (χ3n) is 3.14. The Bertz CT molecular complexity index is 795. The van der Waals surface area contributed by atoms with Gasteiger partial charge >= 0.3 is 18.1 Å². The average molecular weight is 388 g/mol. The van der Waals surface area contributed by atoms with Gasteiger partial charge in [0.05, 0.1) is 5.69 Å². The van der Waals surface area contributed by atoms with Gasteiger partial charge in [-0.25, -0.2) is 9.59 Å². The van der Waals surface area contributed by atoms with Crippen molar-refractivity contribution in [1.29, 1.82) is 0 Å². The summed E-state index contributed by atoms with van der Waals surface area (Å²) in [6.45, 7) is 1.12. The van der Waals surface area contributed by atoms with Crippen LogP contribution in [-0.2, 0) is 19.1 Å². The quantitative estimate of drug-likeness (QED) is 0.449. The Labute approximate surface area is 151 Å². The number of ether oxygens (including phenoxy) is 3. The van der Waals surface area contributed by atoms with E-state index >= 15 is 0 Å². The van der Waals surface area contributed by atoms with Crippen LogP contribution in [0.4, 0.5) is 18.9 Å². The van der Waals surface area contributed by atoms with E-state index in [1.807, 2.05) is 0 Å². The summed E-state index contributed by atoms with van der Waals surface area (Å²) < 4.78 is 51.6. The van der Waals surface area contributed by atoms with Gasteiger partial charge in [0.2, 0.25) is 5.91 Å². The van der Waals surface area contributed by atoms with Crippen LogP contribution in [0.3, 0.4) is 0 Å². The van der Waals surface area contributed by atoms with Crippen molar-refractivity contribution in [3.8, 4) is 5.75 Å². The minimum absolute atomic E-state index is 0.0369. The largest absolute Gasteiger partial charge is 0.482 e. The van der Waals surface area contributed by atoms with Crippen LogP contribution in [-0.4, -0.2) is 36.4 Å². The Morgan fingerprint density at radius 1 is 1.26 bits per heavy atom. The highest BCUT2D eigenvalue weighted by molar-refractivity contribution is 6.15. The van der Waals surface area contributed by atoms with Crippen molar-refractivity contribution in [2.75, 3.05) is 11.9 Å². The highest BCUT2D eigenvalue weighted by atomic mass is 19.4. The second-order valence-corrected chi connectivity index (χ2v) is 5.86. The zero-order chi connectivity index (χ0) is 20.4. The molecule has 1 saturated heterocycles. The monoisotopic (exact) mass is 388 g/mol. The number of hydrogen-bond donors (Lipinski definition) is 2. The van der Waals surface area contributed by atoms with Crippen LogP contribution >= 0.6 is 0 Å². The van der Waals surface area contributed by atoms with E-state index in [9.17, 15) is 27.6 Å². The molecular formula is C16H15F3N2O6. The minimum atomic E-state index is -4.60. The molecule has 1 aliphatic rings. The fourth-order valence-corrected chi connectivity index (χ4v) is 2.01. The number of nitrogens with one attached hydrogen (secondary N) is 1. The number of carbonyl (C=O) groups excluding carboxylic acids is 3. The van der Waals surface area contributed by atoms with Crippen LogP contribution in [0.15, 0.2) is 30.0 Å². The van der Waals surface area contributed by atoms with Crippen LogP contribution in [0.2, 0.25) is 0 Å². The second kappa shape index (κ2) is 7.17. The average Bonchev–Trinajstić information content (AvgIpc) is 2.50. The summed E-state index contributed by atoms with van der Waals surface area (Å²) >= 11 is 0. The number of benzene rings is 1. The van der Waals surface area contributed by atoms with Gasteiger partial charge in [-0.15, -0.1) is 0 Å². The van der Waals surface area contributed by atoms with E-state index in [2.05, 4.69) is 10.1 Å². The molecule has 1 fully saturated rings. The third kappa shape index (κ3) is 5.36. The van der Waals surface area contributed by atoms with Gasteiger partial charge in [-0.2, -0.15) is 13.2 Å². The Hall–Kier alpha value is -3.24. The molecule has 1 aromatic carbocycles. The van der Waals surface area contributed by atoms with Crippen molar-refractivity contribution < 1.29 is 41.8 Å². The fraction of sp³-hybridized carbons (Fsp3) is 0.312. The molecule has 1 heterocycles. The fourth-order valence-electron chi connectivity index (χ4n) is 2.01. The smallest absolute Gasteiger partial charge is 0.422 e. The van der Waals surface area contributed by atoms with Crippen LogP contribution < -0.4 is 15.8 Å². The van der Waals surface area contributed by atoms with Crippen LogP contribution in [0, 0.1) is 0 Å². The van der Waals surface area contributed by atoms with Crippen molar-refractivity contribution in [3.05, 3.63) is 35.5 Å². The van der Waals surface area contributed by atoms with Gasteiger partial charge in [-0.3, -0.25) is 4.79 Å². The summed E-state index contributed by atoms with van der Waals surface area (Å²) in [6.07, 6.45) is -3.72. The zero-order valence-corrected chi connectivity index (χ0v) is 14.2. The van der Waals surface area contributed by atoms with Gasteiger partial charge in [0, 0.05) is 25.6 Å². The van der Waals surface area contributed by atoms with Gasteiger partial charge in [-0.1, -0.05) is 0 Å². The first-order valence-corrected chi connectivity index (χ1v) is 7.45. The third-order valence-corrected chi connectivity index (χ3v) is 3.14. The zero-order valence-electron chi connectivity index (χ0n) is 14.2. The lowest BCUT2D eigenvalue weighted by Gasteiger charge is -2.29.